The van der Waals surface area contributed by atoms with Gasteiger partial charge in [0.2, 0.25) is 0 Å². The van der Waals surface area contributed by atoms with Crippen LogP contribution in [0.2, 0.25) is 0 Å². The van der Waals surface area contributed by atoms with Gasteiger partial charge in [0.05, 0.1) is 6.61 Å². The van der Waals surface area contributed by atoms with Crippen LogP contribution in [0, 0.1) is 0 Å². The van der Waals surface area contributed by atoms with E-state index in [1.165, 1.54) is 0 Å². The van der Waals surface area contributed by atoms with Gasteiger partial charge in [-0.3, -0.25) is 4.79 Å². The van der Waals surface area contributed by atoms with E-state index < -0.39 is 10.9 Å². The summed E-state index contributed by atoms with van der Waals surface area (Å²) >= 11 is 5.88. The first-order valence-corrected chi connectivity index (χ1v) is 4.35. The minimum atomic E-state index is -0.613. The standard InChI is InChI=1S/C8H16ClNO2/c1-4-12-7(11)6(10)5-8(2,3)9/h6H,4-5,10H2,1-3H3. The molecule has 12 heavy (non-hydrogen) atoms. The maximum Gasteiger partial charge on any atom is 0.322 e. The molecule has 0 bridgehead atoms. The van der Waals surface area contributed by atoms with Crippen LogP contribution >= 0.6 is 11.6 Å². The van der Waals surface area contributed by atoms with Crippen molar-refractivity contribution in [3.05, 3.63) is 0 Å². The number of hydrogen-bond donors (Lipinski definition) is 1. The Hall–Kier alpha value is -0.280. The second-order valence-corrected chi connectivity index (χ2v) is 4.30. The predicted octanol–water partition coefficient (Wildman–Crippen LogP) is 1.28. The molecule has 0 aliphatic carbocycles. The Morgan fingerprint density at radius 3 is 2.50 bits per heavy atom. The molecule has 4 heteroatoms. The Morgan fingerprint density at radius 1 is 1.67 bits per heavy atom. The molecule has 0 aromatic rings. The molecule has 1 atom stereocenters. The fourth-order valence-electron chi connectivity index (χ4n) is 0.856. The lowest BCUT2D eigenvalue weighted by molar-refractivity contribution is -0.145. The summed E-state index contributed by atoms with van der Waals surface area (Å²) in [5.41, 5.74) is 5.53. The third kappa shape index (κ3) is 5.38. The van der Waals surface area contributed by atoms with Crippen LogP contribution < -0.4 is 5.73 Å². The minimum absolute atomic E-state index is 0.356. The van der Waals surface area contributed by atoms with Crippen LogP contribution in [0.3, 0.4) is 0 Å². The number of nitrogens with two attached hydrogens (primary N) is 1. The highest BCUT2D eigenvalue weighted by molar-refractivity contribution is 6.23. The largest absolute Gasteiger partial charge is 0.465 e. The molecule has 0 amide bonds. The Balaban J connectivity index is 3.87. The molecule has 0 saturated carbocycles. The zero-order chi connectivity index (χ0) is 9.78. The highest BCUT2D eigenvalue weighted by Gasteiger charge is 2.23. The molecular weight excluding hydrogens is 178 g/mol. The lowest BCUT2D eigenvalue weighted by atomic mass is 10.0. The lowest BCUT2D eigenvalue weighted by Gasteiger charge is -2.19. The fraction of sp³-hybridized carbons (Fsp3) is 0.875. The third-order valence-corrected chi connectivity index (χ3v) is 1.45. The van der Waals surface area contributed by atoms with Gasteiger partial charge in [-0.25, -0.2) is 0 Å². The molecule has 0 aliphatic heterocycles. The molecule has 0 aliphatic rings. The van der Waals surface area contributed by atoms with Crippen molar-refractivity contribution in [3.8, 4) is 0 Å². The minimum Gasteiger partial charge on any atom is -0.465 e. The van der Waals surface area contributed by atoms with E-state index in [0.29, 0.717) is 13.0 Å². The lowest BCUT2D eigenvalue weighted by Crippen LogP contribution is -2.37. The van der Waals surface area contributed by atoms with Crippen LogP contribution in [0.15, 0.2) is 0 Å². The second kappa shape index (κ2) is 4.67. The van der Waals surface area contributed by atoms with Gasteiger partial charge in [0.25, 0.3) is 0 Å². The van der Waals surface area contributed by atoms with Crippen LogP contribution in [-0.4, -0.2) is 23.5 Å². The maximum absolute atomic E-state index is 11.0. The number of halogens is 1. The molecule has 0 spiro atoms. The Bertz CT molecular complexity index is 154. The quantitative estimate of drug-likeness (QED) is 0.541. The van der Waals surface area contributed by atoms with Crippen molar-refractivity contribution in [1.29, 1.82) is 0 Å². The van der Waals surface area contributed by atoms with Crippen molar-refractivity contribution in [2.24, 2.45) is 5.73 Å². The zero-order valence-corrected chi connectivity index (χ0v) is 8.52. The predicted molar refractivity (Wildman–Crippen MR) is 49.2 cm³/mol. The van der Waals surface area contributed by atoms with Gasteiger partial charge in [-0.1, -0.05) is 0 Å². The van der Waals surface area contributed by atoms with Crippen molar-refractivity contribution < 1.29 is 9.53 Å². The SMILES string of the molecule is CCOC(=O)C(N)CC(C)(C)Cl. The second-order valence-electron chi connectivity index (χ2n) is 3.28. The average Bonchev–Trinajstić information content (AvgIpc) is 1.84. The molecule has 0 aromatic carbocycles. The van der Waals surface area contributed by atoms with Crippen molar-refractivity contribution in [3.63, 3.8) is 0 Å². The van der Waals surface area contributed by atoms with E-state index in [9.17, 15) is 4.79 Å². The van der Waals surface area contributed by atoms with Gasteiger partial charge < -0.3 is 10.5 Å². The first-order valence-electron chi connectivity index (χ1n) is 3.98. The number of carbonyl (C=O) groups is 1. The van der Waals surface area contributed by atoms with Gasteiger partial charge in [0.15, 0.2) is 0 Å². The van der Waals surface area contributed by atoms with Crippen LogP contribution in [0.5, 0.6) is 0 Å². The van der Waals surface area contributed by atoms with Gasteiger partial charge in [0, 0.05) is 4.87 Å². The molecule has 72 valence electrons. The molecule has 3 nitrogen and oxygen atoms in total. The number of hydrogen-bond acceptors (Lipinski definition) is 3. The van der Waals surface area contributed by atoms with Crippen molar-refractivity contribution in [1.82, 2.24) is 0 Å². The van der Waals surface area contributed by atoms with Crippen molar-refractivity contribution in [2.75, 3.05) is 6.61 Å². The number of carbonyl (C=O) groups excluding carboxylic acids is 1. The number of esters is 1. The van der Waals surface area contributed by atoms with Gasteiger partial charge in [-0.15, -0.1) is 11.6 Å². The summed E-state index contributed by atoms with van der Waals surface area (Å²) < 4.78 is 4.73. The summed E-state index contributed by atoms with van der Waals surface area (Å²) in [6.07, 6.45) is 0.424. The van der Waals surface area contributed by atoms with E-state index in [1.807, 2.05) is 13.8 Å². The molecule has 0 fully saturated rings. The van der Waals surface area contributed by atoms with Crippen LogP contribution in [-0.2, 0) is 9.53 Å². The van der Waals surface area contributed by atoms with E-state index in [4.69, 9.17) is 22.1 Å². The van der Waals surface area contributed by atoms with Gasteiger partial charge in [-0.05, 0) is 27.2 Å². The zero-order valence-electron chi connectivity index (χ0n) is 7.76. The van der Waals surface area contributed by atoms with Crippen LogP contribution in [0.4, 0.5) is 0 Å². The van der Waals surface area contributed by atoms with E-state index >= 15 is 0 Å². The smallest absolute Gasteiger partial charge is 0.322 e. The maximum atomic E-state index is 11.0. The molecule has 0 rings (SSSR count). The summed E-state index contributed by atoms with van der Waals surface area (Å²) in [6, 6.07) is -0.613. The molecule has 0 heterocycles. The Kier molecular flexibility index (Phi) is 4.57. The van der Waals surface area contributed by atoms with E-state index in [0.717, 1.165) is 0 Å². The summed E-state index contributed by atoms with van der Waals surface area (Å²) in [6.45, 7) is 5.73. The van der Waals surface area contributed by atoms with Gasteiger partial charge in [-0.2, -0.15) is 0 Å². The third-order valence-electron chi connectivity index (χ3n) is 1.29. The molecule has 0 radical (unpaired) electrons. The van der Waals surface area contributed by atoms with Crippen LogP contribution in [0.1, 0.15) is 27.2 Å². The highest BCUT2D eigenvalue weighted by atomic mass is 35.5. The average molecular weight is 194 g/mol. The normalized spacial score (nSPS) is 14.1. The number of alkyl halides is 1. The highest BCUT2D eigenvalue weighted by Crippen LogP contribution is 2.19. The summed E-state index contributed by atoms with van der Waals surface area (Å²) in [5.74, 6) is -0.383. The molecule has 2 N–H and O–H groups in total. The fourth-order valence-corrected chi connectivity index (χ4v) is 1.02. The van der Waals surface area contributed by atoms with Crippen LogP contribution in [0.25, 0.3) is 0 Å². The van der Waals surface area contributed by atoms with Crippen molar-refractivity contribution in [2.45, 2.75) is 38.1 Å². The summed E-state index contributed by atoms with van der Waals surface area (Å²) in [5, 5.41) is 0. The molecule has 0 saturated heterocycles. The van der Waals surface area contributed by atoms with E-state index in [-0.39, 0.29) is 5.97 Å². The molecule has 0 aromatic heterocycles. The number of ether oxygens (including phenoxy) is 1. The Morgan fingerprint density at radius 2 is 2.17 bits per heavy atom. The molecular formula is C8H16ClNO2. The summed E-state index contributed by atoms with van der Waals surface area (Å²) in [4.78, 5) is 10.6. The molecule has 1 unspecified atom stereocenters. The van der Waals surface area contributed by atoms with Crippen molar-refractivity contribution >= 4 is 17.6 Å². The van der Waals surface area contributed by atoms with E-state index in [2.05, 4.69) is 0 Å². The summed E-state index contributed by atoms with van der Waals surface area (Å²) in [7, 11) is 0. The Labute approximate surface area is 78.2 Å². The van der Waals surface area contributed by atoms with Gasteiger partial charge >= 0.3 is 5.97 Å². The monoisotopic (exact) mass is 193 g/mol. The first-order chi connectivity index (χ1) is 5.37. The number of rotatable bonds is 4. The van der Waals surface area contributed by atoms with Gasteiger partial charge in [0.1, 0.15) is 6.04 Å². The topological polar surface area (TPSA) is 52.3 Å². The first kappa shape index (κ1) is 11.7. The van der Waals surface area contributed by atoms with E-state index in [1.54, 1.807) is 6.92 Å².